The van der Waals surface area contributed by atoms with Crippen molar-refractivity contribution in [1.29, 1.82) is 5.26 Å². The molecule has 0 saturated carbocycles. The maximum atomic E-state index is 13.2. The number of Topliss-reactive ketones (excluding diaryl/α,β-unsaturated/α-hetero) is 1. The standard InChI is InChI=1S/C15H7FN2O2/c16-11-3-1-2-10(7-11)14-15(19)12-5-4-9(8-17)6-13(12)18(14)20/h1-7H. The number of nitriles is 1. The molecule has 0 saturated heterocycles. The molecule has 0 aliphatic carbocycles. The van der Waals surface area contributed by atoms with Gasteiger partial charge in [0.2, 0.25) is 5.69 Å². The van der Waals surface area contributed by atoms with Crippen LogP contribution in [0.5, 0.6) is 0 Å². The lowest BCUT2D eigenvalue weighted by atomic mass is 10.0. The first-order valence-corrected chi connectivity index (χ1v) is 5.81. The van der Waals surface area contributed by atoms with Gasteiger partial charge in [-0.3, -0.25) is 4.79 Å². The lowest BCUT2D eigenvalue weighted by molar-refractivity contribution is -0.355. The van der Waals surface area contributed by atoms with E-state index in [1.54, 1.807) is 0 Å². The Bertz CT molecular complexity index is 819. The third kappa shape index (κ3) is 1.67. The first kappa shape index (κ1) is 12.1. The molecule has 0 fully saturated rings. The molecule has 96 valence electrons. The van der Waals surface area contributed by atoms with Crippen molar-refractivity contribution < 1.29 is 13.9 Å². The average Bonchev–Trinajstić information content (AvgIpc) is 2.70. The van der Waals surface area contributed by atoms with E-state index >= 15 is 0 Å². The molecule has 2 aromatic carbocycles. The summed E-state index contributed by atoms with van der Waals surface area (Å²) >= 11 is 0. The van der Waals surface area contributed by atoms with Crippen molar-refractivity contribution in [1.82, 2.24) is 0 Å². The molecule has 4 nitrogen and oxygen atoms in total. The fraction of sp³-hybridized carbons (Fsp3) is 0. The summed E-state index contributed by atoms with van der Waals surface area (Å²) in [6.07, 6.45) is 0. The molecule has 1 heterocycles. The van der Waals surface area contributed by atoms with Gasteiger partial charge in [0, 0.05) is 6.07 Å². The van der Waals surface area contributed by atoms with Crippen LogP contribution in [0.15, 0.2) is 42.5 Å². The third-order valence-corrected chi connectivity index (χ3v) is 3.11. The van der Waals surface area contributed by atoms with Crippen LogP contribution in [0.25, 0.3) is 0 Å². The summed E-state index contributed by atoms with van der Waals surface area (Å²) in [4.78, 5) is 12.2. The normalized spacial score (nSPS) is 13.3. The molecule has 0 unspecified atom stereocenters. The van der Waals surface area contributed by atoms with Crippen LogP contribution < -0.4 is 0 Å². The minimum atomic E-state index is -0.523. The molecule has 1 aliphatic heterocycles. The number of fused-ring (bicyclic) bond motifs is 1. The summed E-state index contributed by atoms with van der Waals surface area (Å²) in [6.45, 7) is 0. The van der Waals surface area contributed by atoms with Crippen molar-refractivity contribution in [2.24, 2.45) is 0 Å². The zero-order chi connectivity index (χ0) is 14.3. The van der Waals surface area contributed by atoms with Crippen LogP contribution in [0.1, 0.15) is 21.5 Å². The largest absolute Gasteiger partial charge is 0.618 e. The average molecular weight is 266 g/mol. The topological polar surface area (TPSA) is 66.9 Å². The van der Waals surface area contributed by atoms with Crippen LogP contribution in [-0.2, 0) is 0 Å². The first-order valence-electron chi connectivity index (χ1n) is 5.81. The molecular weight excluding hydrogens is 259 g/mol. The molecule has 0 bridgehead atoms. The number of rotatable bonds is 1. The molecule has 5 heteroatoms. The van der Waals surface area contributed by atoms with Crippen molar-refractivity contribution >= 4 is 17.2 Å². The molecule has 2 aromatic rings. The van der Waals surface area contributed by atoms with Gasteiger partial charge in [0.25, 0.3) is 11.5 Å². The highest BCUT2D eigenvalue weighted by atomic mass is 19.1. The maximum absolute atomic E-state index is 13.2. The number of halogens is 1. The van der Waals surface area contributed by atoms with Crippen molar-refractivity contribution in [3.8, 4) is 6.07 Å². The number of hydrogen-bond acceptors (Lipinski definition) is 3. The highest BCUT2D eigenvalue weighted by Gasteiger charge is 2.36. The summed E-state index contributed by atoms with van der Waals surface area (Å²) < 4.78 is 13.7. The second-order valence-electron chi connectivity index (χ2n) is 4.33. The van der Waals surface area contributed by atoms with E-state index in [1.807, 2.05) is 6.07 Å². The Morgan fingerprint density at radius 1 is 1.20 bits per heavy atom. The Morgan fingerprint density at radius 3 is 2.70 bits per heavy atom. The van der Waals surface area contributed by atoms with Crippen LogP contribution in [-0.4, -0.2) is 16.2 Å². The van der Waals surface area contributed by atoms with Gasteiger partial charge in [0.1, 0.15) is 11.4 Å². The molecule has 20 heavy (non-hydrogen) atoms. The zero-order valence-corrected chi connectivity index (χ0v) is 10.1. The Labute approximate surface area is 113 Å². The molecule has 1 aliphatic rings. The van der Waals surface area contributed by atoms with Crippen molar-refractivity contribution in [3.63, 3.8) is 0 Å². The fourth-order valence-corrected chi connectivity index (χ4v) is 2.19. The van der Waals surface area contributed by atoms with Gasteiger partial charge in [0.15, 0.2) is 0 Å². The van der Waals surface area contributed by atoms with Gasteiger partial charge in [-0.25, -0.2) is 4.39 Å². The number of carbonyl (C=O) groups excluding carboxylic acids is 1. The van der Waals surface area contributed by atoms with E-state index in [4.69, 9.17) is 5.26 Å². The van der Waals surface area contributed by atoms with E-state index in [0.717, 1.165) is 6.07 Å². The quantitative estimate of drug-likeness (QED) is 0.588. The van der Waals surface area contributed by atoms with Gasteiger partial charge >= 0.3 is 0 Å². The van der Waals surface area contributed by atoms with Gasteiger partial charge in [-0.1, -0.05) is 6.07 Å². The first-order chi connectivity index (χ1) is 9.61. The van der Waals surface area contributed by atoms with Gasteiger partial charge in [-0.2, -0.15) is 10.0 Å². The van der Waals surface area contributed by atoms with Crippen molar-refractivity contribution in [2.45, 2.75) is 0 Å². The summed E-state index contributed by atoms with van der Waals surface area (Å²) in [5.41, 5.74) is 0.721. The minimum Gasteiger partial charge on any atom is -0.618 e. The summed E-state index contributed by atoms with van der Waals surface area (Å²) in [7, 11) is 0. The summed E-state index contributed by atoms with van der Waals surface area (Å²) in [5, 5.41) is 21.0. The lowest BCUT2D eigenvalue weighted by Gasteiger charge is -2.02. The number of nitrogens with zero attached hydrogens (tertiary/aromatic N) is 2. The second kappa shape index (κ2) is 4.28. The van der Waals surface area contributed by atoms with Crippen molar-refractivity contribution in [3.05, 3.63) is 70.2 Å². The highest BCUT2D eigenvalue weighted by molar-refractivity contribution is 6.52. The van der Waals surface area contributed by atoms with E-state index in [2.05, 4.69) is 0 Å². The van der Waals surface area contributed by atoms with E-state index < -0.39 is 11.6 Å². The summed E-state index contributed by atoms with van der Waals surface area (Å²) in [6, 6.07) is 11.5. The molecule has 0 amide bonds. The number of benzene rings is 2. The predicted octanol–water partition coefficient (Wildman–Crippen LogP) is 2.52. The van der Waals surface area contributed by atoms with Crippen molar-refractivity contribution in [2.75, 3.05) is 0 Å². The lowest BCUT2D eigenvalue weighted by Crippen LogP contribution is -2.16. The summed E-state index contributed by atoms with van der Waals surface area (Å²) in [5.74, 6) is -0.991. The SMILES string of the molecule is N#Cc1ccc2c(c1)[N+]([O-])=C(c1cccc(F)c1)C2=O. The fourth-order valence-electron chi connectivity index (χ4n) is 2.19. The second-order valence-corrected chi connectivity index (χ2v) is 4.33. The van der Waals surface area contributed by atoms with Crippen LogP contribution in [0.2, 0.25) is 0 Å². The number of hydrogen-bond donors (Lipinski definition) is 0. The van der Waals surface area contributed by atoms with Crippen LogP contribution in [0.4, 0.5) is 10.1 Å². The molecule has 0 N–H and O–H groups in total. The molecular formula is C15H7FN2O2. The molecule has 0 spiro atoms. The number of ketones is 1. The van der Waals surface area contributed by atoms with Crippen LogP contribution in [0.3, 0.4) is 0 Å². The smallest absolute Gasteiger partial charge is 0.273 e. The Balaban J connectivity index is 2.21. The Kier molecular flexibility index (Phi) is 2.58. The Hall–Kier alpha value is -3.00. The van der Waals surface area contributed by atoms with Gasteiger partial charge in [0.05, 0.1) is 17.2 Å². The predicted molar refractivity (Wildman–Crippen MR) is 69.3 cm³/mol. The zero-order valence-electron chi connectivity index (χ0n) is 10.1. The van der Waals surface area contributed by atoms with Gasteiger partial charge in [-0.05, 0) is 30.3 Å². The molecule has 0 atom stereocenters. The van der Waals surface area contributed by atoms with E-state index in [-0.39, 0.29) is 28.1 Å². The van der Waals surface area contributed by atoms with Crippen LogP contribution >= 0.6 is 0 Å². The van der Waals surface area contributed by atoms with E-state index in [1.165, 1.54) is 36.4 Å². The highest BCUT2D eigenvalue weighted by Crippen LogP contribution is 2.29. The van der Waals surface area contributed by atoms with E-state index in [9.17, 15) is 14.4 Å². The monoisotopic (exact) mass is 266 g/mol. The van der Waals surface area contributed by atoms with Crippen LogP contribution in [0, 0.1) is 22.4 Å². The van der Waals surface area contributed by atoms with Gasteiger partial charge < -0.3 is 5.21 Å². The minimum absolute atomic E-state index is 0.119. The molecule has 0 aromatic heterocycles. The van der Waals surface area contributed by atoms with E-state index in [0.29, 0.717) is 4.74 Å². The molecule has 3 rings (SSSR count). The maximum Gasteiger partial charge on any atom is 0.273 e. The number of carbonyl (C=O) groups is 1. The van der Waals surface area contributed by atoms with Gasteiger partial charge in [-0.15, -0.1) is 0 Å². The molecule has 0 radical (unpaired) electrons. The Morgan fingerprint density at radius 2 is 2.00 bits per heavy atom. The third-order valence-electron chi connectivity index (χ3n) is 3.11.